The highest BCUT2D eigenvalue weighted by molar-refractivity contribution is 9.10. The number of nitrogens with one attached hydrogen (secondary N) is 1. The number of benzene rings is 3. The Morgan fingerprint density at radius 1 is 0.750 bits per heavy atom. The molecule has 0 saturated carbocycles. The van der Waals surface area contributed by atoms with Gasteiger partial charge in [0.2, 0.25) is 0 Å². The van der Waals surface area contributed by atoms with Crippen LogP contribution in [0.25, 0.3) is 0 Å². The summed E-state index contributed by atoms with van der Waals surface area (Å²) in [5.41, 5.74) is 0.537. The summed E-state index contributed by atoms with van der Waals surface area (Å²) in [5, 5.41) is 0. The summed E-state index contributed by atoms with van der Waals surface area (Å²) in [4.78, 5) is 2.42. The van der Waals surface area contributed by atoms with Gasteiger partial charge in [-0.05, 0) is 60.7 Å². The van der Waals surface area contributed by atoms with Crippen molar-refractivity contribution in [1.29, 1.82) is 0 Å². The molecule has 0 saturated heterocycles. The lowest BCUT2D eigenvalue weighted by Gasteiger charge is -2.09. The SMILES string of the molecule is O=S(=O)(Nc1ccc(Sc2ccccc2)cc1)c1ccc(Br)cc1. The zero-order chi connectivity index (χ0) is 17.0. The van der Waals surface area contributed by atoms with Crippen LogP contribution in [-0.4, -0.2) is 8.42 Å². The molecule has 3 aromatic rings. The Morgan fingerprint density at radius 2 is 1.33 bits per heavy atom. The molecule has 6 heteroatoms. The van der Waals surface area contributed by atoms with Crippen molar-refractivity contribution in [3.63, 3.8) is 0 Å². The molecule has 0 bridgehead atoms. The molecule has 0 aliphatic rings. The third-order valence-corrected chi connectivity index (χ3v) is 6.15. The normalized spacial score (nSPS) is 11.2. The Morgan fingerprint density at radius 3 is 1.96 bits per heavy atom. The maximum absolute atomic E-state index is 12.4. The third kappa shape index (κ3) is 4.41. The molecule has 0 heterocycles. The fourth-order valence-corrected chi connectivity index (χ4v) is 4.20. The second kappa shape index (κ2) is 7.42. The van der Waals surface area contributed by atoms with E-state index >= 15 is 0 Å². The van der Waals surface area contributed by atoms with Gasteiger partial charge in [0, 0.05) is 20.0 Å². The van der Waals surface area contributed by atoms with Gasteiger partial charge >= 0.3 is 0 Å². The van der Waals surface area contributed by atoms with Crippen LogP contribution in [0.2, 0.25) is 0 Å². The van der Waals surface area contributed by atoms with Gasteiger partial charge in [0.25, 0.3) is 10.0 Å². The first-order valence-electron chi connectivity index (χ1n) is 7.14. The molecule has 0 radical (unpaired) electrons. The molecular weight excluding hydrogens is 406 g/mol. The lowest BCUT2D eigenvalue weighted by Crippen LogP contribution is -2.12. The van der Waals surface area contributed by atoms with Crippen LogP contribution in [0.3, 0.4) is 0 Å². The quantitative estimate of drug-likeness (QED) is 0.601. The van der Waals surface area contributed by atoms with Crippen molar-refractivity contribution in [3.05, 3.63) is 83.3 Å². The van der Waals surface area contributed by atoms with Gasteiger partial charge in [-0.15, -0.1) is 0 Å². The van der Waals surface area contributed by atoms with E-state index in [-0.39, 0.29) is 4.90 Å². The van der Waals surface area contributed by atoms with Crippen LogP contribution in [0, 0.1) is 0 Å². The van der Waals surface area contributed by atoms with Gasteiger partial charge in [-0.3, -0.25) is 4.72 Å². The summed E-state index contributed by atoms with van der Waals surface area (Å²) in [7, 11) is -3.58. The van der Waals surface area contributed by atoms with Crippen molar-refractivity contribution in [2.45, 2.75) is 14.7 Å². The molecule has 0 spiro atoms. The highest BCUT2D eigenvalue weighted by Gasteiger charge is 2.13. The predicted molar refractivity (Wildman–Crippen MR) is 102 cm³/mol. The standard InChI is InChI=1S/C18H14BrNO2S2/c19-14-6-12-18(13-7-14)24(21,22)20-15-8-10-17(11-9-15)23-16-4-2-1-3-5-16/h1-13,20H. The zero-order valence-electron chi connectivity index (χ0n) is 12.5. The van der Waals surface area contributed by atoms with Crippen LogP contribution in [0.15, 0.2) is 98.0 Å². The highest BCUT2D eigenvalue weighted by Crippen LogP contribution is 2.28. The molecule has 24 heavy (non-hydrogen) atoms. The van der Waals surface area contributed by atoms with E-state index in [1.165, 1.54) is 0 Å². The van der Waals surface area contributed by atoms with Gasteiger partial charge in [0.05, 0.1) is 4.90 Å². The van der Waals surface area contributed by atoms with Crippen molar-refractivity contribution in [1.82, 2.24) is 0 Å². The van der Waals surface area contributed by atoms with E-state index in [0.29, 0.717) is 5.69 Å². The average Bonchev–Trinajstić information content (AvgIpc) is 2.58. The summed E-state index contributed by atoms with van der Waals surface area (Å²) < 4.78 is 28.1. The fraction of sp³-hybridized carbons (Fsp3) is 0. The van der Waals surface area contributed by atoms with Crippen LogP contribution >= 0.6 is 27.7 Å². The van der Waals surface area contributed by atoms with Crippen LogP contribution in [0.1, 0.15) is 0 Å². The van der Waals surface area contributed by atoms with Crippen molar-refractivity contribution in [3.8, 4) is 0 Å². The molecule has 0 aliphatic carbocycles. The second-order valence-electron chi connectivity index (χ2n) is 5.00. The van der Waals surface area contributed by atoms with Crippen LogP contribution < -0.4 is 4.72 Å². The number of hydrogen-bond acceptors (Lipinski definition) is 3. The van der Waals surface area contributed by atoms with Crippen LogP contribution in [0.5, 0.6) is 0 Å². The second-order valence-corrected chi connectivity index (χ2v) is 8.74. The lowest BCUT2D eigenvalue weighted by molar-refractivity contribution is 0.601. The summed E-state index contributed by atoms with van der Waals surface area (Å²) in [6.07, 6.45) is 0. The monoisotopic (exact) mass is 419 g/mol. The van der Waals surface area contributed by atoms with E-state index in [1.807, 2.05) is 42.5 Å². The summed E-state index contributed by atoms with van der Waals surface area (Å²) in [6.45, 7) is 0. The maximum atomic E-state index is 12.4. The summed E-state index contributed by atoms with van der Waals surface area (Å²) >= 11 is 4.93. The van der Waals surface area contributed by atoms with E-state index < -0.39 is 10.0 Å². The van der Waals surface area contributed by atoms with Gasteiger partial charge in [-0.2, -0.15) is 0 Å². The van der Waals surface area contributed by atoms with Gasteiger partial charge in [0.15, 0.2) is 0 Å². The number of halogens is 1. The molecular formula is C18H14BrNO2S2. The Hall–Kier alpha value is -1.76. The molecule has 0 aromatic heterocycles. The van der Waals surface area contributed by atoms with E-state index in [4.69, 9.17) is 0 Å². The number of hydrogen-bond donors (Lipinski definition) is 1. The first kappa shape index (κ1) is 17.1. The van der Waals surface area contributed by atoms with Crippen molar-refractivity contribution in [2.75, 3.05) is 4.72 Å². The first-order valence-corrected chi connectivity index (χ1v) is 10.2. The van der Waals surface area contributed by atoms with E-state index in [2.05, 4.69) is 20.7 Å². The minimum absolute atomic E-state index is 0.230. The van der Waals surface area contributed by atoms with E-state index in [9.17, 15) is 8.42 Å². The van der Waals surface area contributed by atoms with Crippen molar-refractivity contribution < 1.29 is 8.42 Å². The zero-order valence-corrected chi connectivity index (χ0v) is 15.7. The number of rotatable bonds is 5. The molecule has 0 atom stereocenters. The molecule has 0 unspecified atom stereocenters. The largest absolute Gasteiger partial charge is 0.280 e. The van der Waals surface area contributed by atoms with Crippen LogP contribution in [0.4, 0.5) is 5.69 Å². The molecule has 0 aliphatic heterocycles. The van der Waals surface area contributed by atoms with E-state index in [1.54, 1.807) is 48.2 Å². The highest BCUT2D eigenvalue weighted by atomic mass is 79.9. The molecule has 3 nitrogen and oxygen atoms in total. The lowest BCUT2D eigenvalue weighted by atomic mass is 10.3. The average molecular weight is 420 g/mol. The summed E-state index contributed by atoms with van der Waals surface area (Å²) in [5.74, 6) is 0. The molecule has 0 amide bonds. The minimum atomic E-state index is -3.58. The Bertz CT molecular complexity index is 909. The topological polar surface area (TPSA) is 46.2 Å². The van der Waals surface area contributed by atoms with E-state index in [0.717, 1.165) is 14.3 Å². The number of anilines is 1. The Kier molecular flexibility index (Phi) is 5.28. The molecule has 3 aromatic carbocycles. The Labute approximate surface area is 154 Å². The minimum Gasteiger partial charge on any atom is -0.280 e. The van der Waals surface area contributed by atoms with Gasteiger partial charge < -0.3 is 0 Å². The third-order valence-electron chi connectivity index (χ3n) is 3.21. The molecule has 122 valence electrons. The summed E-state index contributed by atoms with van der Waals surface area (Å²) in [6, 6.07) is 23.9. The van der Waals surface area contributed by atoms with Gasteiger partial charge in [0.1, 0.15) is 0 Å². The molecule has 0 fully saturated rings. The first-order chi connectivity index (χ1) is 11.5. The van der Waals surface area contributed by atoms with Crippen LogP contribution in [-0.2, 0) is 10.0 Å². The smallest absolute Gasteiger partial charge is 0.261 e. The fourth-order valence-electron chi connectivity index (χ4n) is 2.04. The van der Waals surface area contributed by atoms with Gasteiger partial charge in [-0.25, -0.2) is 8.42 Å². The van der Waals surface area contributed by atoms with Crippen molar-refractivity contribution >= 4 is 43.4 Å². The predicted octanol–water partition coefficient (Wildman–Crippen LogP) is 5.40. The van der Waals surface area contributed by atoms with Gasteiger partial charge in [-0.1, -0.05) is 45.9 Å². The molecule has 1 N–H and O–H groups in total. The maximum Gasteiger partial charge on any atom is 0.261 e. The Balaban J connectivity index is 1.73. The number of sulfonamides is 1. The van der Waals surface area contributed by atoms with Crippen molar-refractivity contribution in [2.24, 2.45) is 0 Å². The molecule has 3 rings (SSSR count).